The lowest BCUT2D eigenvalue weighted by molar-refractivity contribution is 0.661. The molecule has 194 valence electrons. The Balaban J connectivity index is 1.46. The molecule has 2 nitrogen and oxygen atoms in total. The fourth-order valence-corrected chi connectivity index (χ4v) is 7.23. The van der Waals surface area contributed by atoms with Crippen LogP contribution in [0, 0.1) is 0 Å². The van der Waals surface area contributed by atoms with Crippen molar-refractivity contribution in [3.05, 3.63) is 139 Å². The second-order valence-corrected chi connectivity index (χ2v) is 11.8. The Morgan fingerprint density at radius 3 is 2.22 bits per heavy atom. The van der Waals surface area contributed by atoms with Gasteiger partial charge in [0.1, 0.15) is 11.2 Å². The molecule has 0 radical (unpaired) electrons. The number of nitrogens with zero attached hydrogens (tertiary/aromatic N) is 1. The smallest absolute Gasteiger partial charge is 0.137 e. The van der Waals surface area contributed by atoms with Gasteiger partial charge in [-0.2, -0.15) is 0 Å². The van der Waals surface area contributed by atoms with Crippen LogP contribution >= 0.6 is 0 Å². The number of rotatable bonds is 2. The van der Waals surface area contributed by atoms with E-state index in [2.05, 4.69) is 140 Å². The van der Waals surface area contributed by atoms with Gasteiger partial charge in [-0.15, -0.1) is 0 Å². The third kappa shape index (κ3) is 3.02. The molecule has 8 aromatic rings. The zero-order valence-electron chi connectivity index (χ0n) is 23.0. The molecular formula is C39H27NO. The quantitative estimate of drug-likeness (QED) is 0.219. The molecule has 1 aliphatic carbocycles. The molecule has 0 aliphatic heterocycles. The number of fused-ring (bicyclic) bond motifs is 10. The van der Waals surface area contributed by atoms with Gasteiger partial charge in [0, 0.05) is 27.3 Å². The van der Waals surface area contributed by atoms with Crippen molar-refractivity contribution >= 4 is 43.7 Å². The second-order valence-electron chi connectivity index (χ2n) is 11.8. The van der Waals surface area contributed by atoms with Crippen molar-refractivity contribution in [3.63, 3.8) is 0 Å². The molecule has 41 heavy (non-hydrogen) atoms. The summed E-state index contributed by atoms with van der Waals surface area (Å²) in [7, 11) is 0. The minimum atomic E-state index is -0.0784. The molecule has 0 amide bonds. The van der Waals surface area contributed by atoms with Gasteiger partial charge >= 0.3 is 0 Å². The van der Waals surface area contributed by atoms with Crippen LogP contribution in [0.25, 0.3) is 71.7 Å². The Morgan fingerprint density at radius 2 is 1.32 bits per heavy atom. The van der Waals surface area contributed by atoms with E-state index in [4.69, 9.17) is 4.42 Å². The average molecular weight is 526 g/mol. The molecule has 0 atom stereocenters. The van der Waals surface area contributed by atoms with E-state index in [1.165, 1.54) is 60.6 Å². The number of hydrogen-bond donors (Lipinski definition) is 0. The summed E-state index contributed by atoms with van der Waals surface area (Å²) in [4.78, 5) is 0. The minimum absolute atomic E-state index is 0.0784. The van der Waals surface area contributed by atoms with E-state index in [-0.39, 0.29) is 5.41 Å². The summed E-state index contributed by atoms with van der Waals surface area (Å²) in [6.07, 6.45) is 0. The average Bonchev–Trinajstić information content (AvgIpc) is 3.62. The van der Waals surface area contributed by atoms with Crippen LogP contribution in [0.4, 0.5) is 0 Å². The SMILES string of the molecule is CC1(C)c2ccccc2-c2cc3c4ccc5oc6ccccc6c5c4n(-c4cccc(-c5ccccc5)c4)c3cc21. The van der Waals surface area contributed by atoms with E-state index in [1.54, 1.807) is 0 Å². The Bertz CT molecular complexity index is 2330. The molecule has 0 fully saturated rings. The summed E-state index contributed by atoms with van der Waals surface area (Å²) in [6, 6.07) is 46.1. The lowest BCUT2D eigenvalue weighted by atomic mass is 9.82. The number of hydrogen-bond acceptors (Lipinski definition) is 1. The predicted octanol–water partition coefficient (Wildman–Crippen LogP) is 10.7. The Labute approximate surface area is 238 Å². The Hall–Kier alpha value is -5.08. The van der Waals surface area contributed by atoms with E-state index in [0.29, 0.717) is 0 Å². The maximum Gasteiger partial charge on any atom is 0.137 e. The van der Waals surface area contributed by atoms with Crippen LogP contribution in [0.3, 0.4) is 0 Å². The van der Waals surface area contributed by atoms with Gasteiger partial charge in [0.15, 0.2) is 0 Å². The highest BCUT2D eigenvalue weighted by atomic mass is 16.3. The van der Waals surface area contributed by atoms with Crippen molar-refractivity contribution in [1.29, 1.82) is 0 Å². The van der Waals surface area contributed by atoms with E-state index in [0.717, 1.165) is 22.2 Å². The van der Waals surface area contributed by atoms with Gasteiger partial charge in [0.2, 0.25) is 0 Å². The van der Waals surface area contributed by atoms with Gasteiger partial charge in [0.25, 0.3) is 0 Å². The van der Waals surface area contributed by atoms with Crippen molar-refractivity contribution in [2.75, 3.05) is 0 Å². The van der Waals surface area contributed by atoms with Crippen LogP contribution in [-0.2, 0) is 5.41 Å². The molecule has 2 aromatic heterocycles. The largest absolute Gasteiger partial charge is 0.456 e. The molecule has 9 rings (SSSR count). The Kier molecular flexibility index (Phi) is 4.42. The third-order valence-corrected chi connectivity index (χ3v) is 9.18. The monoisotopic (exact) mass is 525 g/mol. The van der Waals surface area contributed by atoms with E-state index >= 15 is 0 Å². The molecule has 0 spiro atoms. The number of benzene rings is 6. The Morgan fingerprint density at radius 1 is 0.537 bits per heavy atom. The van der Waals surface area contributed by atoms with Gasteiger partial charge in [-0.3, -0.25) is 0 Å². The molecular weight excluding hydrogens is 498 g/mol. The summed E-state index contributed by atoms with van der Waals surface area (Å²) < 4.78 is 8.86. The maximum atomic E-state index is 6.39. The van der Waals surface area contributed by atoms with E-state index in [1.807, 2.05) is 6.07 Å². The van der Waals surface area contributed by atoms with E-state index < -0.39 is 0 Å². The van der Waals surface area contributed by atoms with Crippen LogP contribution in [0.1, 0.15) is 25.0 Å². The highest BCUT2D eigenvalue weighted by Gasteiger charge is 2.36. The van der Waals surface area contributed by atoms with Gasteiger partial charge in [-0.05, 0) is 75.8 Å². The summed E-state index contributed by atoms with van der Waals surface area (Å²) in [5.41, 5.74) is 13.2. The van der Waals surface area contributed by atoms with Crippen molar-refractivity contribution in [1.82, 2.24) is 4.57 Å². The van der Waals surface area contributed by atoms with Gasteiger partial charge in [-0.1, -0.05) is 98.8 Å². The molecule has 0 unspecified atom stereocenters. The minimum Gasteiger partial charge on any atom is -0.456 e. The van der Waals surface area contributed by atoms with Crippen molar-refractivity contribution in [2.45, 2.75) is 19.3 Å². The van der Waals surface area contributed by atoms with Crippen LogP contribution in [0.15, 0.2) is 132 Å². The topological polar surface area (TPSA) is 18.1 Å². The molecule has 1 aliphatic rings. The van der Waals surface area contributed by atoms with Gasteiger partial charge < -0.3 is 8.98 Å². The molecule has 0 saturated heterocycles. The summed E-state index contributed by atoms with van der Waals surface area (Å²) in [5.74, 6) is 0. The van der Waals surface area contributed by atoms with Crippen molar-refractivity contribution in [3.8, 4) is 27.9 Å². The van der Waals surface area contributed by atoms with Crippen molar-refractivity contribution < 1.29 is 4.42 Å². The fourth-order valence-electron chi connectivity index (χ4n) is 7.23. The molecule has 6 aromatic carbocycles. The lowest BCUT2D eigenvalue weighted by Gasteiger charge is -2.21. The molecule has 2 heterocycles. The number of furan rings is 1. The predicted molar refractivity (Wildman–Crippen MR) is 171 cm³/mol. The summed E-state index contributed by atoms with van der Waals surface area (Å²) in [6.45, 7) is 4.71. The second kappa shape index (κ2) is 7.99. The molecule has 0 saturated carbocycles. The molecule has 2 heteroatoms. The zero-order chi connectivity index (χ0) is 27.3. The first kappa shape index (κ1) is 22.7. The maximum absolute atomic E-state index is 6.39. The van der Waals surface area contributed by atoms with Gasteiger partial charge in [-0.25, -0.2) is 0 Å². The number of para-hydroxylation sites is 1. The fraction of sp³-hybridized carbons (Fsp3) is 0.0769. The van der Waals surface area contributed by atoms with Crippen molar-refractivity contribution in [2.24, 2.45) is 0 Å². The first-order chi connectivity index (χ1) is 20.1. The lowest BCUT2D eigenvalue weighted by Crippen LogP contribution is -2.14. The molecule has 0 bridgehead atoms. The molecule has 0 N–H and O–H groups in total. The summed E-state index contributed by atoms with van der Waals surface area (Å²) >= 11 is 0. The zero-order valence-corrected chi connectivity index (χ0v) is 23.0. The highest BCUT2D eigenvalue weighted by molar-refractivity contribution is 6.25. The highest BCUT2D eigenvalue weighted by Crippen LogP contribution is 2.51. The van der Waals surface area contributed by atoms with E-state index in [9.17, 15) is 0 Å². The van der Waals surface area contributed by atoms with Crippen LogP contribution < -0.4 is 0 Å². The van der Waals surface area contributed by atoms with Gasteiger partial charge in [0.05, 0.1) is 16.4 Å². The first-order valence-electron chi connectivity index (χ1n) is 14.3. The van der Waals surface area contributed by atoms with Crippen LogP contribution in [-0.4, -0.2) is 4.57 Å². The summed E-state index contributed by atoms with van der Waals surface area (Å²) in [5, 5.41) is 4.83. The van der Waals surface area contributed by atoms with Crippen LogP contribution in [0.5, 0.6) is 0 Å². The standard InChI is InChI=1S/C39H27NO/c1-39(2)32-17-8-6-15-27(32)30-22-31-28-19-20-36-37(29-16-7-9-18-35(29)41-36)38(28)40(34(31)23-33(30)39)26-14-10-13-25(21-26)24-11-4-3-5-12-24/h3-23H,1-2H3. The van der Waals surface area contributed by atoms with Crippen LogP contribution in [0.2, 0.25) is 0 Å². The normalized spacial score (nSPS) is 13.8. The number of aromatic nitrogens is 1. The first-order valence-corrected chi connectivity index (χ1v) is 14.3. The third-order valence-electron chi connectivity index (χ3n) is 9.18.